The van der Waals surface area contributed by atoms with Crippen LogP contribution in [0.4, 0.5) is 0 Å². The smallest absolute Gasteiger partial charge is 0.124 e. The summed E-state index contributed by atoms with van der Waals surface area (Å²) in [6.07, 6.45) is 1.15. The lowest BCUT2D eigenvalue weighted by Gasteiger charge is -2.22. The second-order valence-electron chi connectivity index (χ2n) is 4.34. The molecule has 0 fully saturated rings. The normalized spacial score (nSPS) is 12.8. The van der Waals surface area contributed by atoms with Gasteiger partial charge in [0.2, 0.25) is 0 Å². The van der Waals surface area contributed by atoms with Gasteiger partial charge in [0.05, 0.1) is 6.61 Å². The van der Waals surface area contributed by atoms with Crippen molar-refractivity contribution < 1.29 is 4.74 Å². The molecular formula is C14H24N2O. The van der Waals surface area contributed by atoms with E-state index >= 15 is 0 Å². The fraction of sp³-hybridized carbons (Fsp3) is 0.571. The van der Waals surface area contributed by atoms with Crippen LogP contribution < -0.4 is 10.5 Å². The van der Waals surface area contributed by atoms with E-state index in [1.165, 1.54) is 0 Å². The third-order valence-corrected chi connectivity index (χ3v) is 2.73. The number of hydrogen-bond donors (Lipinski definition) is 1. The van der Waals surface area contributed by atoms with E-state index in [1.807, 2.05) is 25.1 Å². The summed E-state index contributed by atoms with van der Waals surface area (Å²) in [5, 5.41) is 0. The maximum Gasteiger partial charge on any atom is 0.124 e. The Morgan fingerprint density at radius 1 is 1.29 bits per heavy atom. The maximum absolute atomic E-state index is 6.24. The molecule has 0 saturated heterocycles. The van der Waals surface area contributed by atoms with Crippen molar-refractivity contribution in [1.82, 2.24) is 4.90 Å². The molecule has 0 aliphatic heterocycles. The van der Waals surface area contributed by atoms with Crippen LogP contribution in [0.3, 0.4) is 0 Å². The SMILES string of the molecule is CCCN(C)CC(N)c1ccccc1OCC. The Balaban J connectivity index is 2.70. The number of nitrogens with two attached hydrogens (primary N) is 1. The molecule has 1 aromatic carbocycles. The number of benzene rings is 1. The molecule has 0 heterocycles. The van der Waals surface area contributed by atoms with Crippen LogP contribution in [0.15, 0.2) is 24.3 Å². The summed E-state index contributed by atoms with van der Waals surface area (Å²) in [4.78, 5) is 2.26. The zero-order valence-electron chi connectivity index (χ0n) is 11.1. The van der Waals surface area contributed by atoms with E-state index in [2.05, 4.69) is 24.9 Å². The molecule has 1 atom stereocenters. The Hall–Kier alpha value is -1.06. The van der Waals surface area contributed by atoms with Crippen LogP contribution in [0.2, 0.25) is 0 Å². The molecule has 0 amide bonds. The highest BCUT2D eigenvalue weighted by Crippen LogP contribution is 2.24. The molecule has 17 heavy (non-hydrogen) atoms. The minimum absolute atomic E-state index is 0.00861. The van der Waals surface area contributed by atoms with Gasteiger partial charge in [0.15, 0.2) is 0 Å². The summed E-state index contributed by atoms with van der Waals surface area (Å²) in [6.45, 7) is 6.78. The molecule has 0 aromatic heterocycles. The molecule has 1 unspecified atom stereocenters. The van der Waals surface area contributed by atoms with Crippen LogP contribution >= 0.6 is 0 Å². The highest BCUT2D eigenvalue weighted by atomic mass is 16.5. The van der Waals surface area contributed by atoms with Crippen LogP contribution in [0.5, 0.6) is 5.75 Å². The van der Waals surface area contributed by atoms with Gasteiger partial charge in [0.1, 0.15) is 5.75 Å². The molecule has 0 spiro atoms. The first-order valence-electron chi connectivity index (χ1n) is 6.34. The molecule has 0 radical (unpaired) electrons. The van der Waals surface area contributed by atoms with Crippen molar-refractivity contribution in [3.8, 4) is 5.75 Å². The molecule has 0 saturated carbocycles. The first kappa shape index (κ1) is 14.0. The van der Waals surface area contributed by atoms with E-state index in [4.69, 9.17) is 10.5 Å². The van der Waals surface area contributed by atoms with Crippen molar-refractivity contribution in [2.75, 3.05) is 26.7 Å². The van der Waals surface area contributed by atoms with Gasteiger partial charge in [-0.2, -0.15) is 0 Å². The lowest BCUT2D eigenvalue weighted by molar-refractivity contribution is 0.301. The number of rotatable bonds is 7. The Labute approximate surface area is 105 Å². The Morgan fingerprint density at radius 2 is 2.00 bits per heavy atom. The predicted molar refractivity (Wildman–Crippen MR) is 72.3 cm³/mol. The average Bonchev–Trinajstić information content (AvgIpc) is 2.30. The lowest BCUT2D eigenvalue weighted by Crippen LogP contribution is -2.29. The van der Waals surface area contributed by atoms with E-state index in [-0.39, 0.29) is 6.04 Å². The first-order valence-corrected chi connectivity index (χ1v) is 6.34. The van der Waals surface area contributed by atoms with Gasteiger partial charge in [-0.15, -0.1) is 0 Å². The second-order valence-corrected chi connectivity index (χ2v) is 4.34. The highest BCUT2D eigenvalue weighted by Gasteiger charge is 2.13. The van der Waals surface area contributed by atoms with Crippen molar-refractivity contribution in [1.29, 1.82) is 0 Å². The van der Waals surface area contributed by atoms with Gasteiger partial charge in [-0.05, 0) is 33.0 Å². The third kappa shape index (κ3) is 4.36. The summed E-state index contributed by atoms with van der Waals surface area (Å²) < 4.78 is 5.60. The summed E-state index contributed by atoms with van der Waals surface area (Å²) in [5.41, 5.74) is 7.33. The van der Waals surface area contributed by atoms with Gasteiger partial charge in [-0.25, -0.2) is 0 Å². The van der Waals surface area contributed by atoms with Crippen molar-refractivity contribution in [2.45, 2.75) is 26.3 Å². The number of para-hydroxylation sites is 1. The fourth-order valence-corrected chi connectivity index (χ4v) is 1.98. The highest BCUT2D eigenvalue weighted by molar-refractivity contribution is 5.35. The van der Waals surface area contributed by atoms with Gasteiger partial charge >= 0.3 is 0 Å². The molecule has 0 aliphatic rings. The number of ether oxygens (including phenoxy) is 1. The lowest BCUT2D eigenvalue weighted by atomic mass is 10.1. The van der Waals surface area contributed by atoms with E-state index in [0.717, 1.165) is 30.8 Å². The van der Waals surface area contributed by atoms with E-state index < -0.39 is 0 Å². The number of nitrogens with zero attached hydrogens (tertiary/aromatic N) is 1. The summed E-state index contributed by atoms with van der Waals surface area (Å²) in [7, 11) is 2.10. The standard InChI is InChI=1S/C14H24N2O/c1-4-10-16(3)11-13(15)12-8-6-7-9-14(12)17-5-2/h6-9,13H,4-5,10-11,15H2,1-3H3. The van der Waals surface area contributed by atoms with Crippen molar-refractivity contribution in [3.05, 3.63) is 29.8 Å². The zero-order valence-corrected chi connectivity index (χ0v) is 11.1. The van der Waals surface area contributed by atoms with Crippen molar-refractivity contribution in [3.63, 3.8) is 0 Å². The Bertz CT molecular complexity index is 328. The largest absolute Gasteiger partial charge is 0.494 e. The van der Waals surface area contributed by atoms with Crippen molar-refractivity contribution in [2.24, 2.45) is 5.73 Å². The molecule has 3 heteroatoms. The quantitative estimate of drug-likeness (QED) is 0.790. The molecular weight excluding hydrogens is 212 g/mol. The Kier molecular flexibility index (Phi) is 6.01. The van der Waals surface area contributed by atoms with E-state index in [0.29, 0.717) is 6.61 Å². The van der Waals surface area contributed by atoms with Crippen molar-refractivity contribution >= 4 is 0 Å². The molecule has 1 rings (SSSR count). The van der Waals surface area contributed by atoms with Gasteiger partial charge in [0, 0.05) is 18.2 Å². The predicted octanol–water partition coefficient (Wildman–Crippen LogP) is 2.43. The van der Waals surface area contributed by atoms with E-state index in [1.54, 1.807) is 0 Å². The fourth-order valence-electron chi connectivity index (χ4n) is 1.98. The minimum atomic E-state index is 0.00861. The molecule has 1 aromatic rings. The van der Waals surface area contributed by atoms with Gasteiger partial charge in [0.25, 0.3) is 0 Å². The van der Waals surface area contributed by atoms with Crippen LogP contribution in [0.25, 0.3) is 0 Å². The van der Waals surface area contributed by atoms with Gasteiger partial charge in [-0.3, -0.25) is 0 Å². The number of likely N-dealkylation sites (N-methyl/N-ethyl adjacent to an activating group) is 1. The average molecular weight is 236 g/mol. The summed E-state index contributed by atoms with van der Waals surface area (Å²) >= 11 is 0. The van der Waals surface area contributed by atoms with E-state index in [9.17, 15) is 0 Å². The minimum Gasteiger partial charge on any atom is -0.494 e. The zero-order chi connectivity index (χ0) is 12.7. The first-order chi connectivity index (χ1) is 8.19. The Morgan fingerprint density at radius 3 is 2.65 bits per heavy atom. The maximum atomic E-state index is 6.24. The molecule has 3 nitrogen and oxygen atoms in total. The molecule has 0 aliphatic carbocycles. The van der Waals surface area contributed by atoms with Crippen LogP contribution in [-0.2, 0) is 0 Å². The van der Waals surface area contributed by atoms with Crippen LogP contribution in [0.1, 0.15) is 31.9 Å². The molecule has 96 valence electrons. The topological polar surface area (TPSA) is 38.5 Å². The molecule has 2 N–H and O–H groups in total. The van der Waals surface area contributed by atoms with Crippen LogP contribution in [0, 0.1) is 0 Å². The monoisotopic (exact) mass is 236 g/mol. The van der Waals surface area contributed by atoms with Gasteiger partial charge < -0.3 is 15.4 Å². The van der Waals surface area contributed by atoms with Gasteiger partial charge in [-0.1, -0.05) is 25.1 Å². The summed E-state index contributed by atoms with van der Waals surface area (Å²) in [5.74, 6) is 0.910. The number of hydrogen-bond acceptors (Lipinski definition) is 3. The molecule has 0 bridgehead atoms. The summed E-state index contributed by atoms with van der Waals surface area (Å²) in [6, 6.07) is 8.04. The second kappa shape index (κ2) is 7.30. The third-order valence-electron chi connectivity index (χ3n) is 2.73. The van der Waals surface area contributed by atoms with Crippen LogP contribution in [-0.4, -0.2) is 31.6 Å².